The maximum atomic E-state index is 12.8. The van der Waals surface area contributed by atoms with Crippen molar-refractivity contribution in [2.75, 3.05) is 13.7 Å². The van der Waals surface area contributed by atoms with Crippen LogP contribution >= 0.6 is 34.4 Å². The average molecular weight is 564 g/mol. The van der Waals surface area contributed by atoms with Crippen LogP contribution in [0.3, 0.4) is 0 Å². The molecule has 0 bridgehead atoms. The van der Waals surface area contributed by atoms with Gasteiger partial charge in [-0.1, -0.05) is 18.2 Å². The van der Waals surface area contributed by atoms with Crippen molar-refractivity contribution in [1.29, 1.82) is 0 Å². The van der Waals surface area contributed by atoms with E-state index in [2.05, 4.69) is 27.9 Å². The first-order chi connectivity index (χ1) is 15.4. The maximum absolute atomic E-state index is 12.8. The van der Waals surface area contributed by atoms with Gasteiger partial charge in [0.15, 0.2) is 18.1 Å². The summed E-state index contributed by atoms with van der Waals surface area (Å²) in [4.78, 5) is 38.6. The van der Waals surface area contributed by atoms with Crippen molar-refractivity contribution in [3.63, 3.8) is 0 Å². The number of nitrogens with one attached hydrogen (secondary N) is 1. The summed E-state index contributed by atoms with van der Waals surface area (Å²) in [5, 5.41) is 2.57. The maximum Gasteiger partial charge on any atom is 0.293 e. The molecule has 1 heterocycles. The molecule has 166 valence electrons. The normalized spacial score (nSPS) is 17.1. The number of benzene rings is 2. The Labute approximate surface area is 203 Å². The number of carbonyl (C=O) groups is 3. The number of nitrogens with zero attached hydrogens (tertiary/aromatic N) is 1. The van der Waals surface area contributed by atoms with Crippen LogP contribution in [0.5, 0.6) is 11.5 Å². The molecule has 1 N–H and O–H groups in total. The Morgan fingerprint density at radius 1 is 1.19 bits per heavy atom. The van der Waals surface area contributed by atoms with Crippen LogP contribution in [-0.4, -0.2) is 41.7 Å². The molecule has 2 aromatic rings. The fourth-order valence-electron chi connectivity index (χ4n) is 3.09. The lowest BCUT2D eigenvalue weighted by Gasteiger charge is -2.12. The highest BCUT2D eigenvalue weighted by Crippen LogP contribution is 2.35. The third kappa shape index (κ3) is 5.63. The summed E-state index contributed by atoms with van der Waals surface area (Å²) < 4.78 is 12.0. The van der Waals surface area contributed by atoms with Crippen LogP contribution in [0.4, 0.5) is 4.79 Å². The third-order valence-electron chi connectivity index (χ3n) is 4.91. The predicted molar refractivity (Wildman–Crippen MR) is 130 cm³/mol. The molecule has 7 nitrogen and oxygen atoms in total. The van der Waals surface area contributed by atoms with E-state index in [0.29, 0.717) is 22.0 Å². The lowest BCUT2D eigenvalue weighted by molar-refractivity contribution is -0.124. The SMILES string of the molecule is COc1cc(/C=C2\SC(=O)N(Cc3ccc(I)cc3)C2=O)ccc1OCC(=O)NC1CC1. The summed E-state index contributed by atoms with van der Waals surface area (Å²) in [5.74, 6) is 0.383. The molecule has 1 aliphatic heterocycles. The van der Waals surface area contributed by atoms with Gasteiger partial charge in [0.2, 0.25) is 0 Å². The number of hydrogen-bond acceptors (Lipinski definition) is 6. The Bertz CT molecular complexity index is 1080. The largest absolute Gasteiger partial charge is 0.493 e. The highest BCUT2D eigenvalue weighted by molar-refractivity contribution is 14.1. The molecule has 2 aromatic carbocycles. The minimum absolute atomic E-state index is 0.0936. The van der Waals surface area contributed by atoms with Crippen LogP contribution in [0.2, 0.25) is 0 Å². The van der Waals surface area contributed by atoms with Crippen molar-refractivity contribution in [3.8, 4) is 11.5 Å². The molecule has 1 saturated heterocycles. The minimum Gasteiger partial charge on any atom is -0.493 e. The van der Waals surface area contributed by atoms with Gasteiger partial charge < -0.3 is 14.8 Å². The molecular formula is C23H21IN2O5S. The van der Waals surface area contributed by atoms with Crippen LogP contribution in [0.25, 0.3) is 6.08 Å². The molecule has 1 saturated carbocycles. The number of carbonyl (C=O) groups excluding carboxylic acids is 3. The molecule has 2 fully saturated rings. The number of hydrogen-bond donors (Lipinski definition) is 1. The van der Waals surface area contributed by atoms with Gasteiger partial charge in [-0.05, 0) is 88.7 Å². The van der Waals surface area contributed by atoms with Crippen molar-refractivity contribution >= 4 is 57.5 Å². The molecule has 0 unspecified atom stereocenters. The second-order valence-electron chi connectivity index (χ2n) is 7.44. The number of halogens is 1. The monoisotopic (exact) mass is 564 g/mol. The van der Waals surface area contributed by atoms with Gasteiger partial charge in [0.1, 0.15) is 0 Å². The molecule has 1 aliphatic carbocycles. The zero-order valence-corrected chi connectivity index (χ0v) is 20.3. The number of thioether (sulfide) groups is 1. The first-order valence-corrected chi connectivity index (χ1v) is 11.9. The quantitative estimate of drug-likeness (QED) is 0.383. The molecule has 0 atom stereocenters. The van der Waals surface area contributed by atoms with Gasteiger partial charge in [0, 0.05) is 9.61 Å². The topological polar surface area (TPSA) is 84.9 Å². The van der Waals surface area contributed by atoms with Crippen LogP contribution in [0.15, 0.2) is 47.4 Å². The van der Waals surface area contributed by atoms with E-state index in [1.54, 1.807) is 24.3 Å². The number of amides is 3. The van der Waals surface area contributed by atoms with E-state index >= 15 is 0 Å². The van der Waals surface area contributed by atoms with Gasteiger partial charge in [-0.2, -0.15) is 0 Å². The average Bonchev–Trinajstić information content (AvgIpc) is 3.56. The number of imide groups is 1. The van der Waals surface area contributed by atoms with E-state index in [9.17, 15) is 14.4 Å². The van der Waals surface area contributed by atoms with Crippen LogP contribution in [-0.2, 0) is 16.1 Å². The molecule has 3 amide bonds. The van der Waals surface area contributed by atoms with Crippen molar-refractivity contribution in [1.82, 2.24) is 10.2 Å². The summed E-state index contributed by atoms with van der Waals surface area (Å²) in [7, 11) is 1.51. The number of methoxy groups -OCH3 is 1. The van der Waals surface area contributed by atoms with Gasteiger partial charge in [0.25, 0.3) is 17.1 Å². The van der Waals surface area contributed by atoms with Crippen LogP contribution in [0.1, 0.15) is 24.0 Å². The fourth-order valence-corrected chi connectivity index (χ4v) is 4.29. The van der Waals surface area contributed by atoms with Crippen molar-refractivity contribution in [2.45, 2.75) is 25.4 Å². The lowest BCUT2D eigenvalue weighted by Crippen LogP contribution is -2.30. The molecule has 2 aliphatic rings. The van der Waals surface area contributed by atoms with Gasteiger partial charge in [-0.25, -0.2) is 0 Å². The van der Waals surface area contributed by atoms with E-state index in [-0.39, 0.29) is 36.2 Å². The van der Waals surface area contributed by atoms with E-state index in [1.807, 2.05) is 24.3 Å². The smallest absolute Gasteiger partial charge is 0.293 e. The first kappa shape index (κ1) is 22.7. The Morgan fingerprint density at radius 2 is 1.94 bits per heavy atom. The highest BCUT2D eigenvalue weighted by Gasteiger charge is 2.35. The van der Waals surface area contributed by atoms with Gasteiger partial charge in [0.05, 0.1) is 18.6 Å². The van der Waals surface area contributed by atoms with Gasteiger partial charge >= 0.3 is 0 Å². The number of ether oxygens (including phenoxy) is 2. The second-order valence-corrected chi connectivity index (χ2v) is 9.67. The molecular weight excluding hydrogens is 543 g/mol. The first-order valence-electron chi connectivity index (χ1n) is 10.0. The van der Waals surface area contributed by atoms with E-state index in [1.165, 1.54) is 12.0 Å². The van der Waals surface area contributed by atoms with Gasteiger partial charge in [-0.15, -0.1) is 0 Å². The summed E-state index contributed by atoms with van der Waals surface area (Å²) in [6.45, 7) is 0.140. The predicted octanol–water partition coefficient (Wildman–Crippen LogP) is 4.19. The zero-order valence-electron chi connectivity index (χ0n) is 17.3. The lowest BCUT2D eigenvalue weighted by atomic mass is 10.1. The molecule has 32 heavy (non-hydrogen) atoms. The molecule has 9 heteroatoms. The van der Waals surface area contributed by atoms with Crippen LogP contribution < -0.4 is 14.8 Å². The standard InChI is InChI=1S/C23H21IN2O5S/c1-30-19-10-15(4-9-18(19)31-13-21(27)25-17-7-8-17)11-20-22(28)26(23(29)32-20)12-14-2-5-16(24)6-3-14/h2-6,9-11,17H,7-8,12-13H2,1H3,(H,25,27)/b20-11-. The molecule has 0 spiro atoms. The van der Waals surface area contributed by atoms with Crippen molar-refractivity contribution in [3.05, 3.63) is 62.1 Å². The molecule has 0 radical (unpaired) electrons. The number of rotatable bonds is 8. The Balaban J connectivity index is 1.44. The van der Waals surface area contributed by atoms with Gasteiger partial charge in [-0.3, -0.25) is 19.3 Å². The Kier molecular flexibility index (Phi) is 7.04. The molecule has 4 rings (SSSR count). The summed E-state index contributed by atoms with van der Waals surface area (Å²) in [6.07, 6.45) is 3.69. The second kappa shape index (κ2) is 9.95. The Hall–Kier alpha value is -2.53. The highest BCUT2D eigenvalue weighted by atomic mass is 127. The zero-order chi connectivity index (χ0) is 22.7. The Morgan fingerprint density at radius 3 is 2.62 bits per heavy atom. The van der Waals surface area contributed by atoms with Crippen LogP contribution in [0, 0.1) is 3.57 Å². The van der Waals surface area contributed by atoms with Crippen molar-refractivity contribution < 1.29 is 23.9 Å². The third-order valence-corrected chi connectivity index (χ3v) is 6.54. The van der Waals surface area contributed by atoms with E-state index < -0.39 is 0 Å². The van der Waals surface area contributed by atoms with E-state index in [4.69, 9.17) is 9.47 Å². The van der Waals surface area contributed by atoms with Crippen molar-refractivity contribution in [2.24, 2.45) is 0 Å². The fraction of sp³-hybridized carbons (Fsp3) is 0.261. The summed E-state index contributed by atoms with van der Waals surface area (Å²) in [6, 6.07) is 13.1. The summed E-state index contributed by atoms with van der Waals surface area (Å²) in [5.41, 5.74) is 1.58. The minimum atomic E-state index is -0.324. The molecule has 0 aromatic heterocycles. The summed E-state index contributed by atoms with van der Waals surface area (Å²) >= 11 is 3.12. The van der Waals surface area contributed by atoms with E-state index in [0.717, 1.165) is 33.7 Å².